The van der Waals surface area contributed by atoms with Crippen molar-refractivity contribution in [3.63, 3.8) is 0 Å². The average Bonchev–Trinajstić information content (AvgIpc) is 2.01. The molecule has 2 N–H and O–H groups in total. The zero-order valence-corrected chi connectivity index (χ0v) is 8.80. The summed E-state index contributed by atoms with van der Waals surface area (Å²) in [5.41, 5.74) is 6.40. The molecule has 2 nitrogen and oxygen atoms in total. The van der Waals surface area contributed by atoms with E-state index in [-0.39, 0.29) is 17.1 Å². The lowest BCUT2D eigenvalue weighted by atomic mass is 9.96. The highest BCUT2D eigenvalue weighted by Crippen LogP contribution is 2.19. The van der Waals surface area contributed by atoms with E-state index in [1.807, 2.05) is 19.9 Å². The molecular weight excluding hydrogens is 181 g/mol. The van der Waals surface area contributed by atoms with E-state index in [0.717, 1.165) is 5.56 Å². The van der Waals surface area contributed by atoms with Gasteiger partial charge in [-0.1, -0.05) is 6.07 Å². The highest BCUT2D eigenvalue weighted by molar-refractivity contribution is 5.30. The Morgan fingerprint density at radius 3 is 2.50 bits per heavy atom. The number of methoxy groups -OCH3 is 1. The molecule has 3 heteroatoms. The first kappa shape index (κ1) is 11.0. The molecule has 0 heterocycles. The van der Waals surface area contributed by atoms with Crippen molar-refractivity contribution in [2.75, 3.05) is 7.11 Å². The molecule has 0 bridgehead atoms. The Morgan fingerprint density at radius 2 is 2.07 bits per heavy atom. The first-order chi connectivity index (χ1) is 6.42. The second-order valence-corrected chi connectivity index (χ2v) is 4.13. The summed E-state index contributed by atoms with van der Waals surface area (Å²) in [6.45, 7) is 3.82. The van der Waals surface area contributed by atoms with Crippen molar-refractivity contribution < 1.29 is 9.13 Å². The molecule has 78 valence electrons. The maximum Gasteiger partial charge on any atom is 0.165 e. The van der Waals surface area contributed by atoms with Crippen LogP contribution in [0.3, 0.4) is 0 Å². The minimum Gasteiger partial charge on any atom is -0.494 e. The van der Waals surface area contributed by atoms with Crippen LogP contribution in [0.15, 0.2) is 18.2 Å². The average molecular weight is 197 g/mol. The van der Waals surface area contributed by atoms with E-state index in [0.29, 0.717) is 6.42 Å². The first-order valence-corrected chi connectivity index (χ1v) is 4.54. The standard InChI is InChI=1S/C11H16FNO/c1-11(2,13)7-8-4-5-10(14-3)9(12)6-8/h4-6H,7,13H2,1-3H3. The lowest BCUT2D eigenvalue weighted by Crippen LogP contribution is -2.34. The molecule has 0 amide bonds. The Morgan fingerprint density at radius 1 is 1.43 bits per heavy atom. The minimum atomic E-state index is -0.339. The van der Waals surface area contributed by atoms with Gasteiger partial charge in [-0.3, -0.25) is 0 Å². The van der Waals surface area contributed by atoms with Crippen LogP contribution in [0.4, 0.5) is 4.39 Å². The van der Waals surface area contributed by atoms with Crippen molar-refractivity contribution in [2.45, 2.75) is 25.8 Å². The van der Waals surface area contributed by atoms with Crippen LogP contribution < -0.4 is 10.5 Å². The molecule has 0 saturated carbocycles. The van der Waals surface area contributed by atoms with Gasteiger partial charge in [-0.15, -0.1) is 0 Å². The van der Waals surface area contributed by atoms with Crippen LogP contribution in [-0.2, 0) is 6.42 Å². The molecule has 0 spiro atoms. The van der Waals surface area contributed by atoms with Gasteiger partial charge in [0, 0.05) is 5.54 Å². The van der Waals surface area contributed by atoms with Crippen molar-refractivity contribution in [3.8, 4) is 5.75 Å². The summed E-state index contributed by atoms with van der Waals surface area (Å²) in [7, 11) is 1.45. The van der Waals surface area contributed by atoms with Crippen molar-refractivity contribution in [1.29, 1.82) is 0 Å². The maximum atomic E-state index is 13.3. The topological polar surface area (TPSA) is 35.2 Å². The summed E-state index contributed by atoms with van der Waals surface area (Å²) in [4.78, 5) is 0. The fourth-order valence-corrected chi connectivity index (χ4v) is 1.35. The number of hydrogen-bond acceptors (Lipinski definition) is 2. The lowest BCUT2D eigenvalue weighted by molar-refractivity contribution is 0.385. The zero-order valence-electron chi connectivity index (χ0n) is 8.80. The van der Waals surface area contributed by atoms with Gasteiger partial charge in [0.15, 0.2) is 11.6 Å². The van der Waals surface area contributed by atoms with Crippen molar-refractivity contribution >= 4 is 0 Å². The van der Waals surface area contributed by atoms with Crippen molar-refractivity contribution in [2.24, 2.45) is 5.73 Å². The zero-order chi connectivity index (χ0) is 10.8. The van der Waals surface area contributed by atoms with E-state index in [4.69, 9.17) is 10.5 Å². The number of halogens is 1. The van der Waals surface area contributed by atoms with Gasteiger partial charge < -0.3 is 10.5 Å². The molecule has 0 aliphatic rings. The number of hydrogen-bond donors (Lipinski definition) is 1. The van der Waals surface area contributed by atoms with Gasteiger partial charge in [-0.05, 0) is 38.0 Å². The molecule has 1 aromatic carbocycles. The Balaban J connectivity index is 2.87. The van der Waals surface area contributed by atoms with Crippen molar-refractivity contribution in [1.82, 2.24) is 0 Å². The molecule has 0 fully saturated rings. The summed E-state index contributed by atoms with van der Waals surface area (Å²) in [6.07, 6.45) is 0.647. The molecule has 0 radical (unpaired) electrons. The predicted octanol–water partition coefficient (Wildman–Crippen LogP) is 2.11. The van der Waals surface area contributed by atoms with E-state index in [1.165, 1.54) is 13.2 Å². The summed E-state index contributed by atoms with van der Waals surface area (Å²) in [6, 6.07) is 4.92. The third kappa shape index (κ3) is 3.00. The van der Waals surface area contributed by atoms with Gasteiger partial charge in [-0.2, -0.15) is 0 Å². The molecule has 1 rings (SSSR count). The molecule has 0 unspecified atom stereocenters. The van der Waals surface area contributed by atoms with Crippen LogP contribution in [0.1, 0.15) is 19.4 Å². The molecule has 0 saturated heterocycles. The SMILES string of the molecule is COc1ccc(CC(C)(C)N)cc1F. The van der Waals surface area contributed by atoms with E-state index in [1.54, 1.807) is 6.07 Å². The fraction of sp³-hybridized carbons (Fsp3) is 0.455. The van der Waals surface area contributed by atoms with Gasteiger partial charge in [0.1, 0.15) is 0 Å². The van der Waals surface area contributed by atoms with E-state index < -0.39 is 0 Å². The predicted molar refractivity (Wildman–Crippen MR) is 54.9 cm³/mol. The molecule has 0 aliphatic heterocycles. The fourth-order valence-electron chi connectivity index (χ4n) is 1.35. The first-order valence-electron chi connectivity index (χ1n) is 4.54. The summed E-state index contributed by atoms with van der Waals surface area (Å²) in [5, 5.41) is 0. The second kappa shape index (κ2) is 3.96. The van der Waals surface area contributed by atoms with E-state index in [2.05, 4.69) is 0 Å². The van der Waals surface area contributed by atoms with Crippen molar-refractivity contribution in [3.05, 3.63) is 29.6 Å². The molecule has 0 atom stereocenters. The second-order valence-electron chi connectivity index (χ2n) is 4.13. The Labute approximate surface area is 83.9 Å². The summed E-state index contributed by atoms with van der Waals surface area (Å²) < 4.78 is 18.1. The summed E-state index contributed by atoms with van der Waals surface area (Å²) >= 11 is 0. The van der Waals surface area contributed by atoms with Gasteiger partial charge in [0.05, 0.1) is 7.11 Å². The molecular formula is C11H16FNO. The van der Waals surface area contributed by atoms with Crippen LogP contribution in [0, 0.1) is 5.82 Å². The highest BCUT2D eigenvalue weighted by atomic mass is 19.1. The van der Waals surface area contributed by atoms with Crippen LogP contribution in [0.2, 0.25) is 0 Å². The Hall–Kier alpha value is -1.09. The van der Waals surface area contributed by atoms with E-state index >= 15 is 0 Å². The lowest BCUT2D eigenvalue weighted by Gasteiger charge is -2.18. The van der Waals surface area contributed by atoms with Gasteiger partial charge in [-0.25, -0.2) is 4.39 Å². The van der Waals surface area contributed by atoms with Crippen LogP contribution in [0.25, 0.3) is 0 Å². The highest BCUT2D eigenvalue weighted by Gasteiger charge is 2.13. The number of benzene rings is 1. The molecule has 1 aromatic rings. The van der Waals surface area contributed by atoms with Gasteiger partial charge in [0.2, 0.25) is 0 Å². The van der Waals surface area contributed by atoms with Crippen LogP contribution >= 0.6 is 0 Å². The number of nitrogens with two attached hydrogens (primary N) is 1. The minimum absolute atomic E-state index is 0.267. The monoisotopic (exact) mass is 197 g/mol. The quantitative estimate of drug-likeness (QED) is 0.805. The molecule has 0 aliphatic carbocycles. The largest absolute Gasteiger partial charge is 0.494 e. The van der Waals surface area contributed by atoms with Gasteiger partial charge >= 0.3 is 0 Å². The maximum absolute atomic E-state index is 13.3. The number of ether oxygens (including phenoxy) is 1. The summed E-state index contributed by atoms with van der Waals surface area (Å²) in [5.74, 6) is -0.0715. The number of rotatable bonds is 3. The third-order valence-electron chi connectivity index (χ3n) is 1.88. The Kier molecular flexibility index (Phi) is 3.11. The van der Waals surface area contributed by atoms with Crippen LogP contribution in [0.5, 0.6) is 5.75 Å². The van der Waals surface area contributed by atoms with Gasteiger partial charge in [0.25, 0.3) is 0 Å². The van der Waals surface area contributed by atoms with E-state index in [9.17, 15) is 4.39 Å². The Bertz CT molecular complexity index is 318. The third-order valence-corrected chi connectivity index (χ3v) is 1.88. The molecule has 0 aromatic heterocycles. The van der Waals surface area contributed by atoms with Crippen LogP contribution in [-0.4, -0.2) is 12.6 Å². The smallest absolute Gasteiger partial charge is 0.165 e. The normalized spacial score (nSPS) is 11.5. The molecule has 14 heavy (non-hydrogen) atoms.